The van der Waals surface area contributed by atoms with Gasteiger partial charge < -0.3 is 10.6 Å². The number of hydrogen-bond acceptors (Lipinski definition) is 2. The van der Waals surface area contributed by atoms with E-state index in [1.165, 1.54) is 32.1 Å². The summed E-state index contributed by atoms with van der Waals surface area (Å²) >= 11 is 0. The third kappa shape index (κ3) is 3.95. The van der Waals surface area contributed by atoms with Crippen LogP contribution in [0.25, 0.3) is 0 Å². The fraction of sp³-hybridized carbons (Fsp3) is 0.938. The van der Waals surface area contributed by atoms with Crippen LogP contribution < -0.4 is 10.6 Å². The summed E-state index contributed by atoms with van der Waals surface area (Å²) in [6.07, 6.45) is 7.22. The number of carbonyl (C=O) groups excluding carboxylic acids is 1. The third-order valence-corrected chi connectivity index (χ3v) is 5.15. The van der Waals surface area contributed by atoms with Crippen molar-refractivity contribution in [2.45, 2.75) is 65.3 Å². The highest BCUT2D eigenvalue weighted by Gasteiger charge is 2.37. The molecular formula is C16H30N2O. The highest BCUT2D eigenvalue weighted by Crippen LogP contribution is 2.40. The zero-order chi connectivity index (χ0) is 13.9. The molecule has 2 aliphatic rings. The SMILES string of the molecule is CC1CCC(CNC(=O)C2CCCCC2(C)C)CN1. The van der Waals surface area contributed by atoms with Crippen LogP contribution in [0.2, 0.25) is 0 Å². The normalized spacial score (nSPS) is 34.8. The predicted molar refractivity (Wildman–Crippen MR) is 78.9 cm³/mol. The van der Waals surface area contributed by atoms with E-state index in [1.807, 2.05) is 0 Å². The lowest BCUT2D eigenvalue weighted by Gasteiger charge is -2.38. The van der Waals surface area contributed by atoms with Crippen molar-refractivity contribution in [1.29, 1.82) is 0 Å². The molecule has 0 aromatic rings. The average Bonchev–Trinajstić information content (AvgIpc) is 2.37. The summed E-state index contributed by atoms with van der Waals surface area (Å²) < 4.78 is 0. The number of nitrogens with one attached hydrogen (secondary N) is 2. The van der Waals surface area contributed by atoms with Crippen molar-refractivity contribution >= 4 is 5.91 Å². The van der Waals surface area contributed by atoms with E-state index in [-0.39, 0.29) is 11.3 Å². The first kappa shape index (κ1) is 14.8. The molecule has 2 fully saturated rings. The Bertz CT molecular complexity index is 306. The lowest BCUT2D eigenvalue weighted by molar-refractivity contribution is -0.130. The van der Waals surface area contributed by atoms with Crippen molar-refractivity contribution < 1.29 is 4.79 Å². The molecule has 0 aromatic heterocycles. The summed E-state index contributed by atoms with van der Waals surface area (Å²) in [6.45, 7) is 8.64. The monoisotopic (exact) mass is 266 g/mol. The van der Waals surface area contributed by atoms with Crippen LogP contribution in [0.5, 0.6) is 0 Å². The van der Waals surface area contributed by atoms with E-state index in [2.05, 4.69) is 31.4 Å². The molecule has 0 spiro atoms. The number of carbonyl (C=O) groups is 1. The van der Waals surface area contributed by atoms with Crippen molar-refractivity contribution in [3.63, 3.8) is 0 Å². The van der Waals surface area contributed by atoms with Crippen molar-refractivity contribution in [3.05, 3.63) is 0 Å². The molecule has 2 rings (SSSR count). The van der Waals surface area contributed by atoms with E-state index in [4.69, 9.17) is 0 Å². The Morgan fingerprint density at radius 2 is 2.05 bits per heavy atom. The van der Waals surface area contributed by atoms with Gasteiger partial charge in [0.25, 0.3) is 0 Å². The topological polar surface area (TPSA) is 41.1 Å². The molecule has 3 heteroatoms. The molecule has 3 unspecified atom stereocenters. The van der Waals surface area contributed by atoms with Gasteiger partial charge in [-0.25, -0.2) is 0 Å². The zero-order valence-corrected chi connectivity index (χ0v) is 12.8. The summed E-state index contributed by atoms with van der Waals surface area (Å²) in [7, 11) is 0. The Labute approximate surface area is 117 Å². The molecule has 0 aromatic carbocycles. The van der Waals surface area contributed by atoms with Gasteiger partial charge >= 0.3 is 0 Å². The molecule has 0 radical (unpaired) electrons. The highest BCUT2D eigenvalue weighted by atomic mass is 16.1. The van der Waals surface area contributed by atoms with Gasteiger partial charge in [-0.3, -0.25) is 4.79 Å². The van der Waals surface area contributed by atoms with E-state index in [9.17, 15) is 4.79 Å². The highest BCUT2D eigenvalue weighted by molar-refractivity contribution is 5.79. The Kier molecular flexibility index (Phi) is 4.88. The first-order valence-electron chi connectivity index (χ1n) is 8.00. The molecule has 1 saturated carbocycles. The fourth-order valence-corrected chi connectivity index (χ4v) is 3.58. The number of piperidine rings is 1. The Morgan fingerprint density at radius 1 is 1.26 bits per heavy atom. The van der Waals surface area contributed by atoms with Crippen molar-refractivity contribution in [3.8, 4) is 0 Å². The number of rotatable bonds is 3. The molecule has 1 aliphatic carbocycles. The third-order valence-electron chi connectivity index (χ3n) is 5.15. The summed E-state index contributed by atoms with van der Waals surface area (Å²) in [6, 6.07) is 0.643. The fourth-order valence-electron chi connectivity index (χ4n) is 3.58. The van der Waals surface area contributed by atoms with E-state index in [0.717, 1.165) is 19.5 Å². The molecule has 1 heterocycles. The van der Waals surface area contributed by atoms with Gasteiger partial charge in [-0.1, -0.05) is 26.7 Å². The number of hydrogen-bond donors (Lipinski definition) is 2. The van der Waals surface area contributed by atoms with Gasteiger partial charge in [0.2, 0.25) is 5.91 Å². The lowest BCUT2D eigenvalue weighted by Crippen LogP contribution is -2.45. The second kappa shape index (κ2) is 6.25. The quantitative estimate of drug-likeness (QED) is 0.824. The van der Waals surface area contributed by atoms with Crippen LogP contribution in [0.4, 0.5) is 0 Å². The molecule has 3 atom stereocenters. The van der Waals surface area contributed by atoms with Crippen molar-refractivity contribution in [1.82, 2.24) is 10.6 Å². The zero-order valence-electron chi connectivity index (χ0n) is 12.8. The van der Waals surface area contributed by atoms with Crippen molar-refractivity contribution in [2.75, 3.05) is 13.1 Å². The van der Waals surface area contributed by atoms with E-state index in [0.29, 0.717) is 17.9 Å². The van der Waals surface area contributed by atoms with E-state index in [1.54, 1.807) is 0 Å². The molecule has 1 amide bonds. The van der Waals surface area contributed by atoms with E-state index >= 15 is 0 Å². The lowest BCUT2D eigenvalue weighted by atomic mass is 9.68. The average molecular weight is 266 g/mol. The van der Waals surface area contributed by atoms with Gasteiger partial charge in [0.15, 0.2) is 0 Å². The van der Waals surface area contributed by atoms with Crippen LogP contribution in [0.15, 0.2) is 0 Å². The minimum Gasteiger partial charge on any atom is -0.356 e. The van der Waals surface area contributed by atoms with Crippen LogP contribution in [-0.4, -0.2) is 25.0 Å². The molecule has 19 heavy (non-hydrogen) atoms. The first-order chi connectivity index (χ1) is 8.99. The maximum absolute atomic E-state index is 12.4. The molecule has 110 valence electrons. The van der Waals surface area contributed by atoms with Gasteiger partial charge in [-0.2, -0.15) is 0 Å². The maximum atomic E-state index is 12.4. The van der Waals surface area contributed by atoms with Crippen LogP contribution >= 0.6 is 0 Å². The van der Waals surface area contributed by atoms with Crippen LogP contribution in [0.3, 0.4) is 0 Å². The Balaban J connectivity index is 1.77. The van der Waals surface area contributed by atoms with Crippen molar-refractivity contribution in [2.24, 2.45) is 17.3 Å². The minimum absolute atomic E-state index is 0.182. The second-order valence-corrected chi connectivity index (χ2v) is 7.28. The molecule has 2 N–H and O–H groups in total. The second-order valence-electron chi connectivity index (χ2n) is 7.28. The Hall–Kier alpha value is -0.570. The summed E-state index contributed by atoms with van der Waals surface area (Å²) in [5.74, 6) is 1.13. The summed E-state index contributed by atoms with van der Waals surface area (Å²) in [5.41, 5.74) is 0.182. The van der Waals surface area contributed by atoms with Gasteiger partial charge in [-0.05, 0) is 50.5 Å². The summed E-state index contributed by atoms with van der Waals surface area (Å²) in [5, 5.41) is 6.71. The maximum Gasteiger partial charge on any atom is 0.223 e. The van der Waals surface area contributed by atoms with Gasteiger partial charge in [-0.15, -0.1) is 0 Å². The number of amides is 1. The standard InChI is InChI=1S/C16H30N2O/c1-12-7-8-13(10-17-12)11-18-15(19)14-6-4-5-9-16(14,2)3/h12-14,17H,4-11H2,1-3H3,(H,18,19). The largest absolute Gasteiger partial charge is 0.356 e. The molecule has 1 saturated heterocycles. The minimum atomic E-state index is 0.182. The van der Waals surface area contributed by atoms with Crippen LogP contribution in [0.1, 0.15) is 59.3 Å². The molecular weight excluding hydrogens is 236 g/mol. The van der Waals surface area contributed by atoms with Gasteiger partial charge in [0.1, 0.15) is 0 Å². The first-order valence-corrected chi connectivity index (χ1v) is 8.00. The van der Waals surface area contributed by atoms with Gasteiger partial charge in [0, 0.05) is 18.5 Å². The Morgan fingerprint density at radius 3 is 2.68 bits per heavy atom. The predicted octanol–water partition coefficient (Wildman–Crippen LogP) is 2.71. The summed E-state index contributed by atoms with van der Waals surface area (Å²) in [4.78, 5) is 12.4. The molecule has 0 bridgehead atoms. The van der Waals surface area contributed by atoms with Crippen LogP contribution in [0, 0.1) is 17.3 Å². The molecule has 3 nitrogen and oxygen atoms in total. The van der Waals surface area contributed by atoms with E-state index < -0.39 is 0 Å². The molecule has 1 aliphatic heterocycles. The van der Waals surface area contributed by atoms with Gasteiger partial charge in [0.05, 0.1) is 0 Å². The smallest absolute Gasteiger partial charge is 0.223 e. The van der Waals surface area contributed by atoms with Crippen LogP contribution in [-0.2, 0) is 4.79 Å².